The Labute approximate surface area is 79.0 Å². The maximum Gasteiger partial charge on any atom is 0.634 e. The summed E-state index contributed by atoms with van der Waals surface area (Å²) in [4.78, 5) is 0. The highest BCUT2D eigenvalue weighted by Crippen LogP contribution is 2.29. The maximum absolute atomic E-state index is 9.72. The average Bonchev–Trinajstić information content (AvgIpc) is 1.82. The zero-order chi connectivity index (χ0) is 10.7. The summed E-state index contributed by atoms with van der Waals surface area (Å²) in [7, 11) is -1.89. The Morgan fingerprint density at radius 3 is 2.08 bits per heavy atom. The van der Waals surface area contributed by atoms with E-state index in [1.165, 1.54) is 0 Å². The second-order valence-corrected chi connectivity index (χ2v) is 3.73. The van der Waals surface area contributed by atoms with Crippen LogP contribution in [0.2, 0.25) is 0 Å². The highest BCUT2D eigenvalue weighted by molar-refractivity contribution is 6.32. The molecule has 1 atom stereocenters. The van der Waals surface area contributed by atoms with E-state index in [2.05, 4.69) is 6.58 Å². The van der Waals surface area contributed by atoms with E-state index < -0.39 is 18.5 Å². The van der Waals surface area contributed by atoms with Crippen LogP contribution >= 0.6 is 0 Å². The Morgan fingerprint density at radius 1 is 1.38 bits per heavy atom. The molecule has 0 fully saturated rings. The molecule has 0 spiro atoms. The summed E-state index contributed by atoms with van der Waals surface area (Å²) < 4.78 is 4.83. The van der Waals surface area contributed by atoms with Gasteiger partial charge in [0.15, 0.2) is 0 Å². The fraction of sp³-hybridized carbons (Fsp3) is 0.750. The van der Waals surface area contributed by atoms with Gasteiger partial charge in [0.2, 0.25) is 0 Å². The largest absolute Gasteiger partial charge is 0.634 e. The van der Waals surface area contributed by atoms with Gasteiger partial charge in [0.1, 0.15) is 0 Å². The molecular formula is C8H17BO4. The Bertz CT molecular complexity index is 175. The molecule has 0 saturated carbocycles. The molecule has 76 valence electrons. The quantitative estimate of drug-likeness (QED) is 0.422. The lowest BCUT2D eigenvalue weighted by Crippen LogP contribution is -2.52. The predicted octanol–water partition coefficient (Wildman–Crippen LogP) is 0.0782. The van der Waals surface area contributed by atoms with E-state index in [-0.39, 0.29) is 0 Å². The molecule has 0 aliphatic carbocycles. The third-order valence-corrected chi connectivity index (χ3v) is 2.19. The van der Waals surface area contributed by atoms with E-state index >= 15 is 0 Å². The van der Waals surface area contributed by atoms with E-state index in [1.807, 2.05) is 0 Å². The van der Waals surface area contributed by atoms with Gasteiger partial charge in [-0.15, -0.1) is 6.58 Å². The molecule has 0 aliphatic rings. The molecule has 0 aromatic heterocycles. The number of hydrogen-bond acceptors (Lipinski definition) is 4. The van der Waals surface area contributed by atoms with Gasteiger partial charge in [0.25, 0.3) is 0 Å². The lowest BCUT2D eigenvalue weighted by Gasteiger charge is -2.39. The minimum Gasteiger partial charge on any atom is -0.402 e. The van der Waals surface area contributed by atoms with Crippen LogP contribution in [0.4, 0.5) is 0 Å². The molecule has 0 rings (SSSR count). The summed E-state index contributed by atoms with van der Waals surface area (Å²) in [5.41, 5.74) is -2.23. The fourth-order valence-corrected chi connectivity index (χ4v) is 0.950. The topological polar surface area (TPSA) is 69.9 Å². The van der Waals surface area contributed by atoms with Crippen LogP contribution < -0.4 is 0 Å². The van der Waals surface area contributed by atoms with Crippen LogP contribution in [0.15, 0.2) is 12.7 Å². The zero-order valence-corrected chi connectivity index (χ0v) is 8.32. The molecule has 0 bridgehead atoms. The van der Waals surface area contributed by atoms with Gasteiger partial charge in [-0.25, -0.2) is 0 Å². The molecule has 0 radical (unpaired) electrons. The van der Waals surface area contributed by atoms with E-state index in [1.54, 1.807) is 26.8 Å². The Hall–Kier alpha value is -0.355. The molecule has 0 aromatic rings. The van der Waals surface area contributed by atoms with Crippen molar-refractivity contribution >= 4 is 7.32 Å². The van der Waals surface area contributed by atoms with Crippen LogP contribution in [0.3, 0.4) is 0 Å². The van der Waals surface area contributed by atoms with Crippen molar-refractivity contribution in [3.05, 3.63) is 12.7 Å². The lowest BCUT2D eigenvalue weighted by atomic mass is 9.83. The van der Waals surface area contributed by atoms with E-state index in [4.69, 9.17) is 14.7 Å². The second kappa shape index (κ2) is 4.24. The Balaban J connectivity index is 4.62. The van der Waals surface area contributed by atoms with Crippen molar-refractivity contribution in [2.75, 3.05) is 0 Å². The fourth-order valence-electron chi connectivity index (χ4n) is 0.950. The molecule has 0 aliphatic heterocycles. The summed E-state index contributed by atoms with van der Waals surface area (Å²) in [5, 5.41) is 27.1. The normalized spacial score (nSPS) is 16.5. The van der Waals surface area contributed by atoms with Crippen molar-refractivity contribution in [3.8, 4) is 0 Å². The highest BCUT2D eigenvalue weighted by Gasteiger charge is 2.42. The van der Waals surface area contributed by atoms with Crippen molar-refractivity contribution in [2.24, 2.45) is 0 Å². The first kappa shape index (κ1) is 12.6. The highest BCUT2D eigenvalue weighted by atomic mass is 16.6. The number of rotatable bonds is 5. The van der Waals surface area contributed by atoms with Crippen LogP contribution in [-0.4, -0.2) is 33.7 Å². The van der Waals surface area contributed by atoms with E-state index in [9.17, 15) is 5.11 Å². The lowest BCUT2D eigenvalue weighted by molar-refractivity contribution is -0.118. The van der Waals surface area contributed by atoms with E-state index in [0.717, 1.165) is 0 Å². The first-order valence-corrected chi connectivity index (χ1v) is 4.10. The van der Waals surface area contributed by atoms with Gasteiger partial charge in [0, 0.05) is 0 Å². The third-order valence-electron chi connectivity index (χ3n) is 2.19. The van der Waals surface area contributed by atoms with Crippen molar-refractivity contribution in [2.45, 2.75) is 38.4 Å². The van der Waals surface area contributed by atoms with Crippen molar-refractivity contribution in [1.29, 1.82) is 0 Å². The molecule has 0 heterocycles. The summed E-state index contributed by atoms with van der Waals surface area (Å²) in [6.07, 6.45) is 1.88. The molecule has 3 N–H and O–H groups in total. The van der Waals surface area contributed by atoms with Gasteiger partial charge >= 0.3 is 7.32 Å². The van der Waals surface area contributed by atoms with Crippen LogP contribution in [0.1, 0.15) is 27.2 Å². The number of hydrogen-bond donors (Lipinski definition) is 3. The summed E-state index contributed by atoms with van der Waals surface area (Å²) in [6, 6.07) is 0. The third kappa shape index (κ3) is 3.48. The summed E-state index contributed by atoms with van der Waals surface area (Å²) >= 11 is 0. The second-order valence-electron chi connectivity index (χ2n) is 3.73. The van der Waals surface area contributed by atoms with E-state index in [0.29, 0.717) is 6.42 Å². The minimum atomic E-state index is -1.89. The molecule has 0 saturated heterocycles. The van der Waals surface area contributed by atoms with Gasteiger partial charge in [-0.2, -0.15) is 0 Å². The van der Waals surface area contributed by atoms with Crippen LogP contribution in [-0.2, 0) is 4.65 Å². The first-order chi connectivity index (χ1) is 5.73. The van der Waals surface area contributed by atoms with Gasteiger partial charge in [-0.1, -0.05) is 6.08 Å². The monoisotopic (exact) mass is 188 g/mol. The van der Waals surface area contributed by atoms with Crippen molar-refractivity contribution in [1.82, 2.24) is 0 Å². The molecule has 1 unspecified atom stereocenters. The SMILES string of the molecule is C=CCC(C)(OB(O)O)C(C)(C)O. The smallest absolute Gasteiger partial charge is 0.402 e. The van der Waals surface area contributed by atoms with Crippen molar-refractivity contribution < 1.29 is 19.8 Å². The molecular weight excluding hydrogens is 171 g/mol. The van der Waals surface area contributed by atoms with Crippen LogP contribution in [0, 0.1) is 0 Å². The van der Waals surface area contributed by atoms with Gasteiger partial charge in [0.05, 0.1) is 11.2 Å². The van der Waals surface area contributed by atoms with Crippen LogP contribution in [0.25, 0.3) is 0 Å². The van der Waals surface area contributed by atoms with Crippen LogP contribution in [0.5, 0.6) is 0 Å². The number of aliphatic hydroxyl groups is 1. The Kier molecular flexibility index (Phi) is 4.12. The summed E-state index contributed by atoms with van der Waals surface area (Å²) in [6.45, 7) is 8.18. The Morgan fingerprint density at radius 2 is 1.85 bits per heavy atom. The molecule has 0 amide bonds. The molecule has 5 heteroatoms. The summed E-state index contributed by atoms with van der Waals surface area (Å²) in [5.74, 6) is 0. The zero-order valence-electron chi connectivity index (χ0n) is 8.32. The molecule has 0 aromatic carbocycles. The maximum atomic E-state index is 9.72. The van der Waals surface area contributed by atoms with Crippen molar-refractivity contribution in [3.63, 3.8) is 0 Å². The average molecular weight is 188 g/mol. The van der Waals surface area contributed by atoms with Gasteiger partial charge in [-0.05, 0) is 27.2 Å². The molecule has 13 heavy (non-hydrogen) atoms. The first-order valence-electron chi connectivity index (χ1n) is 4.10. The minimum absolute atomic E-state index is 0.328. The standard InChI is InChI=1S/C8H17BO4/c1-5-6-8(4,7(2,3)10)13-9(11)12/h5,10-12H,1,6H2,2-4H3. The predicted molar refractivity (Wildman–Crippen MR) is 50.8 cm³/mol. The molecule has 4 nitrogen and oxygen atoms in total. The van der Waals surface area contributed by atoms with Gasteiger partial charge < -0.3 is 19.8 Å². The van der Waals surface area contributed by atoms with Gasteiger partial charge in [-0.3, -0.25) is 0 Å².